The molecule has 0 aromatic carbocycles. The highest BCUT2D eigenvalue weighted by molar-refractivity contribution is 14.0. The number of likely N-dealkylation sites (tertiary alicyclic amines) is 1. The maximum Gasteiger partial charge on any atom is 0.191 e. The fourth-order valence-electron chi connectivity index (χ4n) is 3.67. The van der Waals surface area contributed by atoms with E-state index in [1.54, 1.807) is 0 Å². The molecule has 1 saturated heterocycles. The number of hydrogen-bond donors (Lipinski definition) is 2. The molecule has 2 saturated carbocycles. The molecule has 0 amide bonds. The third kappa shape index (κ3) is 6.38. The first-order valence-electron chi connectivity index (χ1n) is 9.14. The third-order valence-corrected chi connectivity index (χ3v) is 5.21. The van der Waals surface area contributed by atoms with E-state index >= 15 is 0 Å². The lowest BCUT2D eigenvalue weighted by molar-refractivity contribution is 0.129. The highest BCUT2D eigenvalue weighted by atomic mass is 127. The summed E-state index contributed by atoms with van der Waals surface area (Å²) in [5.41, 5.74) is 0. The first kappa shape index (κ1) is 19.2. The molecular weight excluding hydrogens is 403 g/mol. The number of hydrogen-bond acceptors (Lipinski definition) is 3. The van der Waals surface area contributed by atoms with E-state index in [0.717, 1.165) is 37.7 Å². The molecule has 2 N–H and O–H groups in total. The molecule has 0 spiro atoms. The maximum atomic E-state index is 5.65. The van der Waals surface area contributed by atoms with Gasteiger partial charge in [-0.1, -0.05) is 12.8 Å². The van der Waals surface area contributed by atoms with Crippen molar-refractivity contribution in [1.29, 1.82) is 0 Å². The Labute approximate surface area is 158 Å². The molecule has 134 valence electrons. The molecule has 23 heavy (non-hydrogen) atoms. The molecule has 1 unspecified atom stereocenters. The van der Waals surface area contributed by atoms with Crippen molar-refractivity contribution in [2.24, 2.45) is 10.9 Å². The van der Waals surface area contributed by atoms with E-state index in [1.807, 2.05) is 7.05 Å². The Morgan fingerprint density at radius 3 is 2.65 bits per heavy atom. The van der Waals surface area contributed by atoms with Crippen LogP contribution in [0.15, 0.2) is 4.99 Å². The van der Waals surface area contributed by atoms with Gasteiger partial charge in [-0.2, -0.15) is 0 Å². The van der Waals surface area contributed by atoms with Crippen molar-refractivity contribution < 1.29 is 4.74 Å². The van der Waals surface area contributed by atoms with Gasteiger partial charge in [-0.3, -0.25) is 9.89 Å². The molecule has 1 heterocycles. The summed E-state index contributed by atoms with van der Waals surface area (Å²) in [6.45, 7) is 4.96. The van der Waals surface area contributed by atoms with E-state index in [4.69, 9.17) is 4.74 Å². The fourth-order valence-corrected chi connectivity index (χ4v) is 3.67. The molecule has 0 bridgehead atoms. The van der Waals surface area contributed by atoms with Crippen molar-refractivity contribution in [3.8, 4) is 0 Å². The van der Waals surface area contributed by atoms with Gasteiger partial charge in [0.2, 0.25) is 0 Å². The third-order valence-electron chi connectivity index (χ3n) is 5.21. The van der Waals surface area contributed by atoms with Crippen LogP contribution in [0.5, 0.6) is 0 Å². The van der Waals surface area contributed by atoms with Crippen LogP contribution in [0.2, 0.25) is 0 Å². The first-order valence-corrected chi connectivity index (χ1v) is 9.14. The lowest BCUT2D eigenvalue weighted by Gasteiger charge is -2.24. The van der Waals surface area contributed by atoms with Crippen LogP contribution < -0.4 is 10.6 Å². The minimum atomic E-state index is 0. The van der Waals surface area contributed by atoms with E-state index in [9.17, 15) is 0 Å². The van der Waals surface area contributed by atoms with Gasteiger partial charge < -0.3 is 15.4 Å². The standard InChI is InChI=1S/C17H32N4O.HI/c1-18-17(19-9-11-22-13-14-6-7-14)20-15-8-10-21(12-15)16-4-2-3-5-16;/h14-16H,2-13H2,1H3,(H2,18,19,20);1H. The quantitative estimate of drug-likeness (QED) is 0.278. The normalized spacial score (nSPS) is 26.3. The van der Waals surface area contributed by atoms with Crippen LogP contribution in [-0.4, -0.2) is 62.8 Å². The zero-order valence-electron chi connectivity index (χ0n) is 14.4. The predicted molar refractivity (Wildman–Crippen MR) is 106 cm³/mol. The van der Waals surface area contributed by atoms with Gasteiger partial charge in [-0.05, 0) is 38.0 Å². The average Bonchev–Trinajstić information content (AvgIpc) is 3.02. The van der Waals surface area contributed by atoms with E-state index in [0.29, 0.717) is 6.04 Å². The summed E-state index contributed by atoms with van der Waals surface area (Å²) in [5, 5.41) is 6.94. The largest absolute Gasteiger partial charge is 0.379 e. The molecule has 3 rings (SSSR count). The first-order chi connectivity index (χ1) is 10.8. The summed E-state index contributed by atoms with van der Waals surface area (Å²) in [7, 11) is 1.85. The number of halogens is 1. The number of guanidine groups is 1. The second-order valence-corrected chi connectivity index (χ2v) is 7.08. The molecule has 3 fully saturated rings. The highest BCUT2D eigenvalue weighted by Gasteiger charge is 2.30. The molecule has 6 heteroatoms. The molecule has 2 aliphatic carbocycles. The SMILES string of the molecule is CN=C(NCCOCC1CC1)NC1CCN(C2CCCC2)C1.I. The minimum Gasteiger partial charge on any atom is -0.379 e. The van der Waals surface area contributed by atoms with Gasteiger partial charge in [0.1, 0.15) is 0 Å². The Balaban J connectivity index is 0.00000192. The van der Waals surface area contributed by atoms with E-state index < -0.39 is 0 Å². The maximum absolute atomic E-state index is 5.65. The summed E-state index contributed by atoms with van der Waals surface area (Å²) in [4.78, 5) is 7.02. The molecule has 3 aliphatic rings. The Morgan fingerprint density at radius 1 is 1.17 bits per heavy atom. The van der Waals surface area contributed by atoms with Crippen LogP contribution in [0, 0.1) is 5.92 Å². The van der Waals surface area contributed by atoms with Crippen LogP contribution in [-0.2, 0) is 4.74 Å². The monoisotopic (exact) mass is 436 g/mol. The van der Waals surface area contributed by atoms with Gasteiger partial charge in [-0.15, -0.1) is 24.0 Å². The van der Waals surface area contributed by atoms with Crippen molar-refractivity contribution in [1.82, 2.24) is 15.5 Å². The summed E-state index contributed by atoms with van der Waals surface area (Å²) in [6.07, 6.45) is 9.59. The molecule has 0 aromatic heterocycles. The molecule has 5 nitrogen and oxygen atoms in total. The lowest BCUT2D eigenvalue weighted by Crippen LogP contribution is -2.46. The molecule has 0 aromatic rings. The van der Waals surface area contributed by atoms with E-state index in [2.05, 4.69) is 20.5 Å². The van der Waals surface area contributed by atoms with E-state index in [-0.39, 0.29) is 24.0 Å². The number of rotatable bonds is 7. The van der Waals surface area contributed by atoms with Crippen LogP contribution in [0.1, 0.15) is 44.9 Å². The smallest absolute Gasteiger partial charge is 0.191 e. The molecule has 1 aliphatic heterocycles. The highest BCUT2D eigenvalue weighted by Crippen LogP contribution is 2.28. The summed E-state index contributed by atoms with van der Waals surface area (Å²) in [5.74, 6) is 1.77. The summed E-state index contributed by atoms with van der Waals surface area (Å²) < 4.78 is 5.65. The molecule has 0 radical (unpaired) electrons. The Morgan fingerprint density at radius 2 is 1.96 bits per heavy atom. The number of nitrogens with one attached hydrogen (secondary N) is 2. The van der Waals surface area contributed by atoms with Crippen LogP contribution in [0.25, 0.3) is 0 Å². The van der Waals surface area contributed by atoms with Gasteiger partial charge in [0, 0.05) is 45.4 Å². The second-order valence-electron chi connectivity index (χ2n) is 7.08. The van der Waals surface area contributed by atoms with E-state index in [1.165, 1.54) is 58.0 Å². The summed E-state index contributed by atoms with van der Waals surface area (Å²) in [6, 6.07) is 1.39. The van der Waals surface area contributed by atoms with Gasteiger partial charge in [0.05, 0.1) is 6.61 Å². The average molecular weight is 436 g/mol. The van der Waals surface area contributed by atoms with Crippen LogP contribution in [0.3, 0.4) is 0 Å². The summed E-state index contributed by atoms with van der Waals surface area (Å²) >= 11 is 0. The predicted octanol–water partition coefficient (Wildman–Crippen LogP) is 2.21. The van der Waals surface area contributed by atoms with Gasteiger partial charge in [0.25, 0.3) is 0 Å². The number of ether oxygens (including phenoxy) is 1. The van der Waals surface area contributed by atoms with Gasteiger partial charge in [-0.25, -0.2) is 0 Å². The Bertz CT molecular complexity index is 370. The number of nitrogens with zero attached hydrogens (tertiary/aromatic N) is 2. The molecular formula is C17H33IN4O. The second kappa shape index (κ2) is 10.0. The van der Waals surface area contributed by atoms with Crippen molar-refractivity contribution in [3.63, 3.8) is 0 Å². The Hall–Kier alpha value is -0.0800. The van der Waals surface area contributed by atoms with Crippen molar-refractivity contribution in [2.45, 2.75) is 57.0 Å². The number of aliphatic imine (C=N–C) groups is 1. The lowest BCUT2D eigenvalue weighted by atomic mass is 10.2. The van der Waals surface area contributed by atoms with Gasteiger partial charge in [0.15, 0.2) is 5.96 Å². The molecule has 1 atom stereocenters. The zero-order valence-corrected chi connectivity index (χ0v) is 16.8. The van der Waals surface area contributed by atoms with Crippen LogP contribution in [0.4, 0.5) is 0 Å². The fraction of sp³-hybridized carbons (Fsp3) is 0.941. The van der Waals surface area contributed by atoms with Crippen molar-refractivity contribution >= 4 is 29.9 Å². The van der Waals surface area contributed by atoms with Crippen LogP contribution >= 0.6 is 24.0 Å². The van der Waals surface area contributed by atoms with Crippen molar-refractivity contribution in [2.75, 3.05) is 39.9 Å². The van der Waals surface area contributed by atoms with Gasteiger partial charge >= 0.3 is 0 Å². The minimum absolute atomic E-state index is 0. The van der Waals surface area contributed by atoms with Crippen molar-refractivity contribution in [3.05, 3.63) is 0 Å². The zero-order chi connectivity index (χ0) is 15.2. The topological polar surface area (TPSA) is 48.9 Å². The Kier molecular flexibility index (Phi) is 8.40.